The van der Waals surface area contributed by atoms with Crippen LogP contribution in [0, 0.1) is 5.41 Å². The van der Waals surface area contributed by atoms with Gasteiger partial charge in [0, 0.05) is 6.08 Å². The molecule has 1 atom stereocenters. The SMILES string of the molecule is C=C1CC(C)(C)C(O[Si](C)(C)C(C)(C)C)/C1=C/C(=O)OCC. The van der Waals surface area contributed by atoms with Crippen LogP contribution in [-0.2, 0) is 14.0 Å². The lowest BCUT2D eigenvalue weighted by molar-refractivity contribution is -0.137. The van der Waals surface area contributed by atoms with Gasteiger partial charge >= 0.3 is 5.97 Å². The topological polar surface area (TPSA) is 35.5 Å². The van der Waals surface area contributed by atoms with Gasteiger partial charge in [-0.15, -0.1) is 0 Å². The van der Waals surface area contributed by atoms with Crippen LogP contribution in [0.4, 0.5) is 0 Å². The quantitative estimate of drug-likeness (QED) is 0.421. The molecule has 0 aromatic rings. The van der Waals surface area contributed by atoms with E-state index in [1.165, 1.54) is 0 Å². The summed E-state index contributed by atoms with van der Waals surface area (Å²) in [5.74, 6) is -0.305. The number of ether oxygens (including phenoxy) is 1. The highest BCUT2D eigenvalue weighted by atomic mass is 28.4. The maximum absolute atomic E-state index is 11.9. The van der Waals surface area contributed by atoms with Crippen LogP contribution in [0.5, 0.6) is 0 Å². The summed E-state index contributed by atoms with van der Waals surface area (Å²) in [4.78, 5) is 11.9. The van der Waals surface area contributed by atoms with Gasteiger partial charge in [-0.25, -0.2) is 4.79 Å². The molecule has 0 bridgehead atoms. The number of esters is 1. The Bertz CT molecular complexity index is 481. The van der Waals surface area contributed by atoms with Gasteiger partial charge in [0.25, 0.3) is 0 Å². The molecule has 0 radical (unpaired) electrons. The van der Waals surface area contributed by atoms with Crippen LogP contribution in [0.3, 0.4) is 0 Å². The van der Waals surface area contributed by atoms with Gasteiger partial charge in [-0.2, -0.15) is 0 Å². The molecule has 0 aromatic carbocycles. The van der Waals surface area contributed by atoms with E-state index in [1.54, 1.807) is 6.08 Å². The zero-order chi connectivity index (χ0) is 17.3. The predicted molar refractivity (Wildman–Crippen MR) is 94.3 cm³/mol. The van der Waals surface area contributed by atoms with Gasteiger partial charge in [0.15, 0.2) is 8.32 Å². The highest BCUT2D eigenvalue weighted by Gasteiger charge is 2.47. The van der Waals surface area contributed by atoms with E-state index < -0.39 is 8.32 Å². The van der Waals surface area contributed by atoms with Crippen molar-refractivity contribution in [1.82, 2.24) is 0 Å². The molecule has 4 heteroatoms. The average molecular weight is 325 g/mol. The van der Waals surface area contributed by atoms with E-state index in [-0.39, 0.29) is 22.5 Å². The summed E-state index contributed by atoms with van der Waals surface area (Å²) in [6.07, 6.45) is 2.33. The second kappa shape index (κ2) is 6.32. The van der Waals surface area contributed by atoms with Crippen molar-refractivity contribution in [3.63, 3.8) is 0 Å². The lowest BCUT2D eigenvalue weighted by atomic mass is 9.88. The number of carbonyl (C=O) groups excluding carboxylic acids is 1. The molecule has 1 aliphatic rings. The summed E-state index contributed by atoms with van der Waals surface area (Å²) >= 11 is 0. The molecule has 22 heavy (non-hydrogen) atoms. The first-order chi connectivity index (χ1) is 9.82. The second-order valence-corrected chi connectivity index (χ2v) is 13.1. The van der Waals surface area contributed by atoms with Crippen molar-refractivity contribution in [2.45, 2.75) is 72.2 Å². The van der Waals surface area contributed by atoms with Gasteiger partial charge in [-0.05, 0) is 48.0 Å². The molecule has 1 rings (SSSR count). The van der Waals surface area contributed by atoms with Crippen molar-refractivity contribution in [2.75, 3.05) is 6.61 Å². The van der Waals surface area contributed by atoms with Crippen molar-refractivity contribution in [1.29, 1.82) is 0 Å². The Labute approximate surface area is 136 Å². The van der Waals surface area contributed by atoms with E-state index in [1.807, 2.05) is 6.92 Å². The lowest BCUT2D eigenvalue weighted by Gasteiger charge is -2.42. The Morgan fingerprint density at radius 2 is 1.95 bits per heavy atom. The average Bonchev–Trinajstić information content (AvgIpc) is 2.50. The van der Waals surface area contributed by atoms with Crippen LogP contribution in [-0.4, -0.2) is 27.0 Å². The largest absolute Gasteiger partial charge is 0.463 e. The summed E-state index contributed by atoms with van der Waals surface area (Å²) in [6, 6.07) is 0. The highest BCUT2D eigenvalue weighted by Crippen LogP contribution is 2.49. The summed E-state index contributed by atoms with van der Waals surface area (Å²) in [5, 5.41) is 0.127. The van der Waals surface area contributed by atoms with Crippen molar-refractivity contribution >= 4 is 14.3 Å². The fourth-order valence-electron chi connectivity index (χ4n) is 2.53. The molecular weight excluding hydrogens is 292 g/mol. The molecule has 0 amide bonds. The third-order valence-electron chi connectivity index (χ3n) is 4.85. The van der Waals surface area contributed by atoms with E-state index in [9.17, 15) is 4.79 Å². The third-order valence-corrected chi connectivity index (χ3v) is 9.29. The maximum atomic E-state index is 11.9. The highest BCUT2D eigenvalue weighted by molar-refractivity contribution is 6.74. The Kier molecular flexibility index (Phi) is 5.51. The molecule has 0 saturated heterocycles. The van der Waals surface area contributed by atoms with Crippen molar-refractivity contribution in [2.24, 2.45) is 5.41 Å². The number of hydrogen-bond acceptors (Lipinski definition) is 3. The number of carbonyl (C=O) groups is 1. The molecule has 1 aliphatic carbocycles. The van der Waals surface area contributed by atoms with Crippen LogP contribution in [0.2, 0.25) is 18.1 Å². The van der Waals surface area contributed by atoms with E-state index in [2.05, 4.69) is 54.3 Å². The number of rotatable bonds is 4. The van der Waals surface area contributed by atoms with Gasteiger partial charge in [-0.3, -0.25) is 0 Å². The molecule has 1 unspecified atom stereocenters. The Morgan fingerprint density at radius 3 is 2.41 bits per heavy atom. The normalized spacial score (nSPS) is 23.9. The van der Waals surface area contributed by atoms with E-state index in [0.29, 0.717) is 6.61 Å². The van der Waals surface area contributed by atoms with Crippen molar-refractivity contribution in [3.8, 4) is 0 Å². The summed E-state index contributed by atoms with van der Waals surface area (Å²) < 4.78 is 11.7. The maximum Gasteiger partial charge on any atom is 0.331 e. The minimum absolute atomic E-state index is 0.0507. The first kappa shape index (κ1) is 19.2. The molecule has 126 valence electrons. The van der Waals surface area contributed by atoms with Crippen molar-refractivity contribution in [3.05, 3.63) is 23.8 Å². The van der Waals surface area contributed by atoms with Crippen LogP contribution >= 0.6 is 0 Å². The second-order valence-electron chi connectivity index (χ2n) is 8.38. The zero-order valence-electron chi connectivity index (χ0n) is 15.5. The molecule has 3 nitrogen and oxygen atoms in total. The molecular formula is C18H32O3Si. The fraction of sp³-hybridized carbons (Fsp3) is 0.722. The molecule has 0 spiro atoms. The van der Waals surface area contributed by atoms with Crippen LogP contribution in [0.15, 0.2) is 23.8 Å². The summed E-state index contributed by atoms with van der Waals surface area (Å²) in [6.45, 7) is 21.9. The van der Waals surface area contributed by atoms with Crippen LogP contribution in [0.25, 0.3) is 0 Å². The van der Waals surface area contributed by atoms with Gasteiger partial charge in [0.05, 0.1) is 12.7 Å². The Balaban J connectivity index is 3.16. The molecule has 0 aromatic heterocycles. The molecule has 1 fully saturated rings. The Hall–Kier alpha value is -0.873. The first-order valence-electron chi connectivity index (χ1n) is 8.06. The van der Waals surface area contributed by atoms with E-state index >= 15 is 0 Å². The fourth-order valence-corrected chi connectivity index (χ4v) is 3.92. The van der Waals surface area contributed by atoms with E-state index in [0.717, 1.165) is 17.6 Å². The molecule has 1 saturated carbocycles. The third kappa shape index (κ3) is 4.11. The first-order valence-corrected chi connectivity index (χ1v) is 11.0. The summed E-state index contributed by atoms with van der Waals surface area (Å²) in [5.41, 5.74) is 1.85. The van der Waals surface area contributed by atoms with Crippen LogP contribution < -0.4 is 0 Å². The minimum atomic E-state index is -1.93. The van der Waals surface area contributed by atoms with Gasteiger partial charge in [0.1, 0.15) is 0 Å². The zero-order valence-corrected chi connectivity index (χ0v) is 16.5. The number of hydrogen-bond donors (Lipinski definition) is 0. The Morgan fingerprint density at radius 1 is 1.41 bits per heavy atom. The standard InChI is InChI=1S/C18H32O3Si/c1-10-20-15(19)11-14-13(2)12-18(6,7)16(14)21-22(8,9)17(3,4)5/h11,16H,2,10,12H2,1,3-9H3/b14-11+. The van der Waals surface area contributed by atoms with Gasteiger partial charge in [0.2, 0.25) is 0 Å². The van der Waals surface area contributed by atoms with Crippen molar-refractivity contribution < 1.29 is 14.0 Å². The molecule has 0 heterocycles. The predicted octanol–water partition coefficient (Wildman–Crippen LogP) is 4.85. The van der Waals surface area contributed by atoms with Gasteiger partial charge in [-0.1, -0.05) is 41.2 Å². The monoisotopic (exact) mass is 324 g/mol. The molecule has 0 N–H and O–H groups in total. The van der Waals surface area contributed by atoms with Gasteiger partial charge < -0.3 is 9.16 Å². The van der Waals surface area contributed by atoms with E-state index in [4.69, 9.17) is 9.16 Å². The van der Waals surface area contributed by atoms with Crippen LogP contribution in [0.1, 0.15) is 48.0 Å². The smallest absolute Gasteiger partial charge is 0.331 e. The molecule has 0 aliphatic heterocycles. The summed E-state index contributed by atoms with van der Waals surface area (Å²) in [7, 11) is -1.93. The minimum Gasteiger partial charge on any atom is -0.463 e. The lowest BCUT2D eigenvalue weighted by Crippen LogP contribution is -2.46.